The van der Waals surface area contributed by atoms with E-state index >= 15 is 0 Å². The van der Waals surface area contributed by atoms with Gasteiger partial charge in [-0.2, -0.15) is 0 Å². The highest BCUT2D eigenvalue weighted by Crippen LogP contribution is 2.31. The number of carbonyl (C=O) groups is 1. The monoisotopic (exact) mass is 190 g/mol. The van der Waals surface area contributed by atoms with Crippen molar-refractivity contribution >= 4 is 6.41 Å². The number of nitrogens with zero attached hydrogens (tertiary/aromatic N) is 2. The van der Waals surface area contributed by atoms with Crippen molar-refractivity contribution in [3.63, 3.8) is 0 Å². The quantitative estimate of drug-likeness (QED) is 0.665. The van der Waals surface area contributed by atoms with Crippen LogP contribution in [-0.2, 0) is 4.79 Å². The van der Waals surface area contributed by atoms with Gasteiger partial charge < -0.3 is 4.90 Å². The molecule has 0 aromatic carbocycles. The van der Waals surface area contributed by atoms with Crippen molar-refractivity contribution in [2.24, 2.45) is 0 Å². The summed E-state index contributed by atoms with van der Waals surface area (Å²) in [6, 6.07) is 4.25. The highest BCUT2D eigenvalue weighted by molar-refractivity contribution is 5.49. The third kappa shape index (κ3) is 1.50. The van der Waals surface area contributed by atoms with Gasteiger partial charge in [0.15, 0.2) is 0 Å². The normalized spacial score (nSPS) is 21.2. The molecule has 0 aliphatic carbocycles. The maximum Gasteiger partial charge on any atom is 0.210 e. The Morgan fingerprint density at radius 1 is 1.64 bits per heavy atom. The third-order valence-corrected chi connectivity index (χ3v) is 2.84. The Balaban J connectivity index is 2.30. The second-order valence-corrected chi connectivity index (χ2v) is 3.68. The lowest BCUT2D eigenvalue weighted by Crippen LogP contribution is -2.21. The van der Waals surface area contributed by atoms with E-state index in [1.54, 1.807) is 6.20 Å². The molecular weight excluding hydrogens is 176 g/mol. The van der Waals surface area contributed by atoms with Crippen molar-refractivity contribution in [1.29, 1.82) is 0 Å². The Hall–Kier alpha value is -1.38. The van der Waals surface area contributed by atoms with E-state index in [0.717, 1.165) is 31.5 Å². The van der Waals surface area contributed by atoms with Crippen LogP contribution >= 0.6 is 0 Å². The number of likely N-dealkylation sites (tertiary alicyclic amines) is 1. The Kier molecular flexibility index (Phi) is 2.48. The van der Waals surface area contributed by atoms with Crippen LogP contribution in [0.1, 0.15) is 30.1 Å². The van der Waals surface area contributed by atoms with Gasteiger partial charge in [0.2, 0.25) is 6.41 Å². The van der Waals surface area contributed by atoms with Crippen LogP contribution in [0.25, 0.3) is 0 Å². The Morgan fingerprint density at radius 3 is 3.21 bits per heavy atom. The topological polar surface area (TPSA) is 33.2 Å². The summed E-state index contributed by atoms with van der Waals surface area (Å²) in [6.45, 7) is 2.87. The zero-order valence-corrected chi connectivity index (χ0v) is 8.31. The second kappa shape index (κ2) is 3.78. The summed E-state index contributed by atoms with van der Waals surface area (Å²) < 4.78 is 0. The number of hydrogen-bond donors (Lipinski definition) is 0. The molecule has 3 heteroatoms. The number of aryl methyl sites for hydroxylation is 1. The summed E-state index contributed by atoms with van der Waals surface area (Å²) in [7, 11) is 0. The lowest BCUT2D eigenvalue weighted by molar-refractivity contribution is -0.118. The SMILES string of the molecule is Cc1ncccc1C1CCCN1C=O. The molecule has 1 aromatic rings. The van der Waals surface area contributed by atoms with Gasteiger partial charge in [0.25, 0.3) is 0 Å². The molecule has 0 saturated carbocycles. The van der Waals surface area contributed by atoms with Crippen LogP contribution in [0, 0.1) is 6.92 Å². The average molecular weight is 190 g/mol. The maximum atomic E-state index is 10.8. The fourth-order valence-corrected chi connectivity index (χ4v) is 2.10. The first-order valence-electron chi connectivity index (χ1n) is 4.95. The molecule has 1 saturated heterocycles. The van der Waals surface area contributed by atoms with Gasteiger partial charge in [-0.05, 0) is 31.4 Å². The van der Waals surface area contributed by atoms with Crippen LogP contribution in [-0.4, -0.2) is 22.8 Å². The Bertz CT molecular complexity index is 338. The molecule has 74 valence electrons. The van der Waals surface area contributed by atoms with Gasteiger partial charge in [-0.15, -0.1) is 0 Å². The standard InChI is InChI=1S/C11H14N2O/c1-9-10(4-2-6-12-9)11-5-3-7-13(11)8-14/h2,4,6,8,11H,3,5,7H2,1H3. The molecule has 1 unspecified atom stereocenters. The third-order valence-electron chi connectivity index (χ3n) is 2.84. The van der Waals surface area contributed by atoms with Gasteiger partial charge in [-0.25, -0.2) is 0 Å². The van der Waals surface area contributed by atoms with Gasteiger partial charge in [0.05, 0.1) is 6.04 Å². The first-order chi connectivity index (χ1) is 6.83. The summed E-state index contributed by atoms with van der Waals surface area (Å²) >= 11 is 0. The molecule has 1 fully saturated rings. The molecule has 1 aliphatic heterocycles. The van der Waals surface area contributed by atoms with Gasteiger partial charge in [0, 0.05) is 18.4 Å². The van der Waals surface area contributed by atoms with Crippen LogP contribution in [0.3, 0.4) is 0 Å². The molecule has 0 N–H and O–H groups in total. The summed E-state index contributed by atoms with van der Waals surface area (Å²) in [5.74, 6) is 0. The minimum Gasteiger partial charge on any atom is -0.338 e. The highest BCUT2D eigenvalue weighted by Gasteiger charge is 2.25. The fourth-order valence-electron chi connectivity index (χ4n) is 2.10. The van der Waals surface area contributed by atoms with Crippen molar-refractivity contribution in [2.75, 3.05) is 6.54 Å². The largest absolute Gasteiger partial charge is 0.338 e. The first kappa shape index (κ1) is 9.19. The average Bonchev–Trinajstić information content (AvgIpc) is 2.66. The summed E-state index contributed by atoms with van der Waals surface area (Å²) in [6.07, 6.45) is 4.89. The molecular formula is C11H14N2O. The molecule has 0 spiro atoms. The van der Waals surface area contributed by atoms with Crippen LogP contribution in [0.15, 0.2) is 18.3 Å². The molecule has 0 radical (unpaired) electrons. The van der Waals surface area contributed by atoms with Crippen molar-refractivity contribution in [1.82, 2.24) is 9.88 Å². The van der Waals surface area contributed by atoms with E-state index in [0.29, 0.717) is 0 Å². The van der Waals surface area contributed by atoms with Gasteiger partial charge in [0.1, 0.15) is 0 Å². The number of aromatic nitrogens is 1. The van der Waals surface area contributed by atoms with Crippen molar-refractivity contribution in [2.45, 2.75) is 25.8 Å². The lowest BCUT2D eigenvalue weighted by Gasteiger charge is -2.21. The molecule has 1 amide bonds. The molecule has 1 aromatic heterocycles. The number of rotatable bonds is 2. The lowest BCUT2D eigenvalue weighted by atomic mass is 10.0. The minimum atomic E-state index is 0.251. The highest BCUT2D eigenvalue weighted by atomic mass is 16.1. The Labute approximate surface area is 83.8 Å². The van der Waals surface area contributed by atoms with Crippen LogP contribution < -0.4 is 0 Å². The van der Waals surface area contributed by atoms with Crippen molar-refractivity contribution in [3.8, 4) is 0 Å². The fraction of sp³-hybridized carbons (Fsp3) is 0.455. The summed E-state index contributed by atoms with van der Waals surface area (Å²) in [5.41, 5.74) is 2.23. The summed E-state index contributed by atoms with van der Waals surface area (Å²) in [4.78, 5) is 16.9. The Morgan fingerprint density at radius 2 is 2.50 bits per heavy atom. The number of amides is 1. The molecule has 1 aliphatic rings. The summed E-state index contributed by atoms with van der Waals surface area (Å²) in [5, 5.41) is 0. The minimum absolute atomic E-state index is 0.251. The molecule has 2 heterocycles. The van der Waals surface area contributed by atoms with E-state index in [9.17, 15) is 4.79 Å². The van der Waals surface area contributed by atoms with Crippen molar-refractivity contribution < 1.29 is 4.79 Å². The molecule has 2 rings (SSSR count). The predicted octanol–water partition coefficient (Wildman–Crippen LogP) is 1.68. The van der Waals surface area contributed by atoms with E-state index < -0.39 is 0 Å². The molecule has 1 atom stereocenters. The second-order valence-electron chi connectivity index (χ2n) is 3.68. The maximum absolute atomic E-state index is 10.8. The zero-order valence-electron chi connectivity index (χ0n) is 8.31. The number of hydrogen-bond acceptors (Lipinski definition) is 2. The van der Waals surface area contributed by atoms with E-state index in [1.807, 2.05) is 17.9 Å². The van der Waals surface area contributed by atoms with Crippen molar-refractivity contribution in [3.05, 3.63) is 29.6 Å². The van der Waals surface area contributed by atoms with Gasteiger partial charge >= 0.3 is 0 Å². The van der Waals surface area contributed by atoms with E-state index in [4.69, 9.17) is 0 Å². The zero-order chi connectivity index (χ0) is 9.97. The molecule has 14 heavy (non-hydrogen) atoms. The first-order valence-corrected chi connectivity index (χ1v) is 4.95. The van der Waals surface area contributed by atoms with E-state index in [-0.39, 0.29) is 6.04 Å². The number of carbonyl (C=O) groups excluding carboxylic acids is 1. The molecule has 0 bridgehead atoms. The van der Waals surface area contributed by atoms with Gasteiger partial charge in [-0.3, -0.25) is 9.78 Å². The van der Waals surface area contributed by atoms with E-state index in [2.05, 4.69) is 11.1 Å². The van der Waals surface area contributed by atoms with E-state index in [1.165, 1.54) is 5.56 Å². The predicted molar refractivity (Wildman–Crippen MR) is 53.7 cm³/mol. The number of pyridine rings is 1. The molecule has 3 nitrogen and oxygen atoms in total. The smallest absolute Gasteiger partial charge is 0.210 e. The van der Waals surface area contributed by atoms with Crippen LogP contribution in [0.4, 0.5) is 0 Å². The van der Waals surface area contributed by atoms with Crippen LogP contribution in [0.5, 0.6) is 0 Å². The van der Waals surface area contributed by atoms with Gasteiger partial charge in [-0.1, -0.05) is 6.07 Å². The van der Waals surface area contributed by atoms with Crippen LogP contribution in [0.2, 0.25) is 0 Å².